The van der Waals surface area contributed by atoms with Crippen molar-refractivity contribution in [1.29, 1.82) is 5.26 Å². The Balaban J connectivity index is 1.35. The van der Waals surface area contributed by atoms with Gasteiger partial charge < -0.3 is 10.3 Å². The summed E-state index contributed by atoms with van der Waals surface area (Å²) in [4.78, 5) is 12.5. The van der Waals surface area contributed by atoms with Crippen LogP contribution in [0.5, 0.6) is 0 Å². The Hall–Kier alpha value is -3.66. The molecule has 6 rings (SSSR count). The number of fused-ring (bicyclic) bond motifs is 2. The van der Waals surface area contributed by atoms with E-state index in [1.165, 1.54) is 48.4 Å². The van der Waals surface area contributed by atoms with Crippen molar-refractivity contribution < 1.29 is 0 Å². The molecule has 3 aromatic heterocycles. The second kappa shape index (κ2) is 8.94. The number of piperidine rings is 1. The smallest absolute Gasteiger partial charge is 0.126 e. The van der Waals surface area contributed by atoms with Gasteiger partial charge in [0.05, 0.1) is 11.3 Å². The summed E-state index contributed by atoms with van der Waals surface area (Å²) in [5.41, 5.74) is 5.95. The molecule has 0 amide bonds. The molecule has 0 spiro atoms. The van der Waals surface area contributed by atoms with E-state index >= 15 is 0 Å². The number of thiophene rings is 1. The lowest BCUT2D eigenvalue weighted by molar-refractivity contribution is 0.221. The Morgan fingerprint density at radius 3 is 2.85 bits per heavy atom. The molecule has 1 aliphatic rings. The van der Waals surface area contributed by atoms with Crippen LogP contribution in [0.1, 0.15) is 30.4 Å². The van der Waals surface area contributed by atoms with E-state index in [4.69, 9.17) is 0 Å². The molecule has 5 nitrogen and oxygen atoms in total. The summed E-state index contributed by atoms with van der Waals surface area (Å²) in [5, 5.41) is 15.4. The van der Waals surface area contributed by atoms with Gasteiger partial charge in [-0.1, -0.05) is 24.6 Å². The summed E-state index contributed by atoms with van der Waals surface area (Å²) in [6.45, 7) is 3.39. The molecule has 0 unspecified atom stereocenters. The summed E-state index contributed by atoms with van der Waals surface area (Å²) in [6, 6.07) is 21.6. The summed E-state index contributed by atoms with van der Waals surface area (Å²) in [5.74, 6) is 0. The van der Waals surface area contributed by atoms with E-state index in [0.29, 0.717) is 5.56 Å². The third-order valence-corrected chi connectivity index (χ3v) is 7.66. The number of pyridine rings is 1. The fourth-order valence-corrected chi connectivity index (χ4v) is 5.83. The van der Waals surface area contributed by atoms with Crippen LogP contribution < -0.4 is 5.32 Å². The fraction of sp³-hybridized carbons (Fsp3) is 0.214. The highest BCUT2D eigenvalue weighted by Crippen LogP contribution is 2.39. The molecule has 168 valence electrons. The molecule has 1 saturated heterocycles. The zero-order valence-corrected chi connectivity index (χ0v) is 19.7. The van der Waals surface area contributed by atoms with Crippen molar-refractivity contribution in [2.75, 3.05) is 18.4 Å². The Bertz CT molecular complexity index is 1520. The molecular formula is C28H25N5S. The number of nitriles is 1. The molecule has 34 heavy (non-hydrogen) atoms. The second-order valence-electron chi connectivity index (χ2n) is 8.93. The topological polar surface area (TPSA) is 67.7 Å². The lowest BCUT2D eigenvalue weighted by Gasteiger charge is -2.26. The Labute approximate surface area is 202 Å². The van der Waals surface area contributed by atoms with Crippen molar-refractivity contribution in [3.63, 3.8) is 0 Å². The Kier molecular flexibility index (Phi) is 5.50. The number of nitrogens with one attached hydrogen (secondary N) is 2. The van der Waals surface area contributed by atoms with Crippen LogP contribution >= 0.6 is 11.3 Å². The van der Waals surface area contributed by atoms with Crippen molar-refractivity contribution >= 4 is 43.8 Å². The maximum atomic E-state index is 9.77. The van der Waals surface area contributed by atoms with Gasteiger partial charge in [0.15, 0.2) is 0 Å². The number of benzene rings is 2. The molecule has 0 saturated carbocycles. The standard InChI is InChI=1S/C28H25N5S/c29-16-22-17-31-28-24(27(22)32-23-7-8-25-20(14-23)9-10-30-25)15-26(34-28)21-6-4-5-19(13-21)18-33-11-2-1-3-12-33/h4-10,13-15,17,30H,1-3,11-12,18H2,(H,31,32). The molecule has 4 heterocycles. The van der Waals surface area contributed by atoms with Crippen LogP contribution in [-0.2, 0) is 6.54 Å². The number of hydrogen-bond donors (Lipinski definition) is 2. The van der Waals surface area contributed by atoms with Gasteiger partial charge in [0.25, 0.3) is 0 Å². The maximum absolute atomic E-state index is 9.77. The van der Waals surface area contributed by atoms with Crippen LogP contribution in [0.15, 0.2) is 67.0 Å². The van der Waals surface area contributed by atoms with E-state index in [1.807, 2.05) is 18.3 Å². The third-order valence-electron chi connectivity index (χ3n) is 6.57. The molecule has 6 heteroatoms. The molecule has 1 fully saturated rings. The number of aromatic amines is 1. The van der Waals surface area contributed by atoms with Crippen LogP contribution in [-0.4, -0.2) is 28.0 Å². The van der Waals surface area contributed by atoms with Gasteiger partial charge in [-0.25, -0.2) is 4.98 Å². The lowest BCUT2D eigenvalue weighted by atomic mass is 10.1. The van der Waals surface area contributed by atoms with Gasteiger partial charge in [0, 0.05) is 45.8 Å². The summed E-state index contributed by atoms with van der Waals surface area (Å²) >= 11 is 1.67. The SMILES string of the molecule is N#Cc1cnc2sc(-c3cccc(CN4CCCCC4)c3)cc2c1Nc1ccc2[nH]ccc2c1. The average Bonchev–Trinajstić information content (AvgIpc) is 3.52. The predicted molar refractivity (Wildman–Crippen MR) is 140 cm³/mol. The summed E-state index contributed by atoms with van der Waals surface area (Å²) in [7, 11) is 0. The van der Waals surface area contributed by atoms with Crippen LogP contribution in [0, 0.1) is 11.3 Å². The van der Waals surface area contributed by atoms with Crippen molar-refractivity contribution in [3.8, 4) is 16.5 Å². The number of likely N-dealkylation sites (tertiary alicyclic amines) is 1. The van der Waals surface area contributed by atoms with E-state index in [9.17, 15) is 5.26 Å². The minimum absolute atomic E-state index is 0.546. The van der Waals surface area contributed by atoms with Crippen molar-refractivity contribution in [2.24, 2.45) is 0 Å². The van der Waals surface area contributed by atoms with E-state index in [0.717, 1.165) is 39.0 Å². The monoisotopic (exact) mass is 463 g/mol. The summed E-state index contributed by atoms with van der Waals surface area (Å²) < 4.78 is 0. The van der Waals surface area contributed by atoms with Crippen LogP contribution in [0.25, 0.3) is 31.6 Å². The molecule has 2 aromatic carbocycles. The first-order chi connectivity index (χ1) is 16.8. The highest BCUT2D eigenvalue weighted by atomic mass is 32.1. The number of aromatic nitrogens is 2. The van der Waals surface area contributed by atoms with Gasteiger partial charge in [-0.3, -0.25) is 4.90 Å². The molecular weight excluding hydrogens is 438 g/mol. The van der Waals surface area contributed by atoms with Gasteiger partial charge >= 0.3 is 0 Å². The number of nitrogens with zero attached hydrogens (tertiary/aromatic N) is 3. The van der Waals surface area contributed by atoms with Gasteiger partial charge in [-0.2, -0.15) is 5.26 Å². The highest BCUT2D eigenvalue weighted by Gasteiger charge is 2.15. The highest BCUT2D eigenvalue weighted by molar-refractivity contribution is 7.22. The van der Waals surface area contributed by atoms with E-state index in [1.54, 1.807) is 17.5 Å². The van der Waals surface area contributed by atoms with E-state index in [-0.39, 0.29) is 0 Å². The Morgan fingerprint density at radius 2 is 1.97 bits per heavy atom. The van der Waals surface area contributed by atoms with Crippen LogP contribution in [0.3, 0.4) is 0 Å². The van der Waals surface area contributed by atoms with E-state index in [2.05, 4.69) is 68.7 Å². The van der Waals surface area contributed by atoms with Crippen LogP contribution in [0.4, 0.5) is 11.4 Å². The molecule has 0 atom stereocenters. The van der Waals surface area contributed by atoms with E-state index < -0.39 is 0 Å². The van der Waals surface area contributed by atoms with Crippen molar-refractivity contribution in [3.05, 3.63) is 78.1 Å². The zero-order valence-electron chi connectivity index (χ0n) is 18.8. The summed E-state index contributed by atoms with van der Waals surface area (Å²) in [6.07, 6.45) is 7.56. The first-order valence-electron chi connectivity index (χ1n) is 11.8. The van der Waals surface area contributed by atoms with Gasteiger partial charge in [0.1, 0.15) is 10.9 Å². The van der Waals surface area contributed by atoms with Crippen LogP contribution in [0.2, 0.25) is 0 Å². The molecule has 0 bridgehead atoms. The fourth-order valence-electron chi connectivity index (χ4n) is 4.82. The third kappa shape index (κ3) is 4.05. The van der Waals surface area contributed by atoms with Crippen molar-refractivity contribution in [2.45, 2.75) is 25.8 Å². The van der Waals surface area contributed by atoms with Gasteiger partial charge in [-0.05, 0) is 73.5 Å². The molecule has 0 radical (unpaired) electrons. The second-order valence-corrected chi connectivity index (χ2v) is 9.96. The number of anilines is 2. The normalized spacial score (nSPS) is 14.4. The zero-order chi connectivity index (χ0) is 22.9. The molecule has 0 aliphatic carbocycles. The van der Waals surface area contributed by atoms with Crippen molar-refractivity contribution in [1.82, 2.24) is 14.9 Å². The Morgan fingerprint density at radius 1 is 1.06 bits per heavy atom. The molecule has 5 aromatic rings. The van der Waals surface area contributed by atoms with Gasteiger partial charge in [-0.15, -0.1) is 11.3 Å². The molecule has 1 aliphatic heterocycles. The minimum atomic E-state index is 0.546. The quantitative estimate of drug-likeness (QED) is 0.293. The maximum Gasteiger partial charge on any atom is 0.126 e. The number of rotatable bonds is 5. The first kappa shape index (κ1) is 20.9. The molecule has 2 N–H and O–H groups in total. The van der Waals surface area contributed by atoms with Gasteiger partial charge in [0.2, 0.25) is 0 Å². The number of H-pyrrole nitrogens is 1. The minimum Gasteiger partial charge on any atom is -0.361 e. The average molecular weight is 464 g/mol. The first-order valence-corrected chi connectivity index (χ1v) is 12.6. The number of hydrogen-bond acceptors (Lipinski definition) is 5. The predicted octanol–water partition coefficient (Wildman–Crippen LogP) is 7.05. The lowest BCUT2D eigenvalue weighted by Crippen LogP contribution is -2.29. The largest absolute Gasteiger partial charge is 0.361 e.